The van der Waals surface area contributed by atoms with E-state index >= 15 is 0 Å². The molecule has 142 valence electrons. The third kappa shape index (κ3) is 4.27. The van der Waals surface area contributed by atoms with Crippen molar-refractivity contribution < 1.29 is 14.3 Å². The van der Waals surface area contributed by atoms with Gasteiger partial charge in [-0.25, -0.2) is 0 Å². The van der Waals surface area contributed by atoms with Crippen LogP contribution in [0, 0.1) is 5.41 Å². The van der Waals surface area contributed by atoms with Gasteiger partial charge in [0.2, 0.25) is 0 Å². The molecule has 2 aliphatic heterocycles. The Morgan fingerprint density at radius 3 is 2.69 bits per heavy atom. The van der Waals surface area contributed by atoms with Gasteiger partial charge in [0, 0.05) is 50.8 Å². The zero-order valence-corrected chi connectivity index (χ0v) is 15.6. The highest BCUT2D eigenvalue weighted by atomic mass is 16.5. The van der Waals surface area contributed by atoms with E-state index in [-0.39, 0.29) is 5.91 Å². The van der Waals surface area contributed by atoms with Crippen LogP contribution in [0.2, 0.25) is 0 Å². The lowest BCUT2D eigenvalue weighted by molar-refractivity contribution is 0.0954. The van der Waals surface area contributed by atoms with Crippen molar-refractivity contribution in [1.82, 2.24) is 15.5 Å². The van der Waals surface area contributed by atoms with Gasteiger partial charge in [0.15, 0.2) is 5.96 Å². The number of hydrogen-bond donors (Lipinski definition) is 2. The monoisotopic (exact) mass is 360 g/mol. The second kappa shape index (κ2) is 8.40. The van der Waals surface area contributed by atoms with Crippen LogP contribution < -0.4 is 15.4 Å². The van der Waals surface area contributed by atoms with Gasteiger partial charge < -0.3 is 25.0 Å². The number of methoxy groups -OCH3 is 1. The number of carbonyl (C=O) groups is 1. The fraction of sp³-hybridized carbons (Fsp3) is 0.579. The van der Waals surface area contributed by atoms with Gasteiger partial charge in [-0.1, -0.05) is 0 Å². The third-order valence-electron chi connectivity index (χ3n) is 5.18. The van der Waals surface area contributed by atoms with Crippen molar-refractivity contribution in [2.45, 2.75) is 12.8 Å². The molecule has 0 saturated carbocycles. The highest BCUT2D eigenvalue weighted by Gasteiger charge is 2.42. The first-order valence-electron chi connectivity index (χ1n) is 9.11. The molecule has 1 spiro atoms. The van der Waals surface area contributed by atoms with Gasteiger partial charge in [-0.3, -0.25) is 9.79 Å². The molecular weight excluding hydrogens is 332 g/mol. The number of ether oxygens (including phenoxy) is 2. The SMILES string of the molecule is CN=C(NCCNC(=O)c1ccc(OC)cc1)N1CCC2(CCOC2)C1. The van der Waals surface area contributed by atoms with Crippen LogP contribution in [-0.2, 0) is 4.74 Å². The highest BCUT2D eigenvalue weighted by molar-refractivity contribution is 5.94. The number of likely N-dealkylation sites (tertiary alicyclic amines) is 1. The molecule has 2 heterocycles. The standard InChI is InChI=1S/C19H28N4O3/c1-20-18(23-11-7-19(13-23)8-12-26-14-19)22-10-9-21-17(24)15-3-5-16(25-2)6-4-15/h3-6H,7-14H2,1-2H3,(H,20,22)(H,21,24). The van der Waals surface area contributed by atoms with Gasteiger partial charge in [-0.15, -0.1) is 0 Å². The molecule has 2 fully saturated rings. The van der Waals surface area contributed by atoms with Crippen molar-refractivity contribution in [3.05, 3.63) is 29.8 Å². The Labute approximate surface area is 154 Å². The van der Waals surface area contributed by atoms with E-state index in [1.165, 1.54) is 0 Å². The third-order valence-corrected chi connectivity index (χ3v) is 5.18. The van der Waals surface area contributed by atoms with Crippen LogP contribution >= 0.6 is 0 Å². The molecule has 1 aromatic rings. The number of benzene rings is 1. The van der Waals surface area contributed by atoms with Crippen LogP contribution in [0.5, 0.6) is 5.75 Å². The molecule has 3 rings (SSSR count). The van der Waals surface area contributed by atoms with Crippen LogP contribution in [-0.4, -0.2) is 70.3 Å². The van der Waals surface area contributed by atoms with E-state index in [0.717, 1.165) is 50.9 Å². The quantitative estimate of drug-likeness (QED) is 0.467. The van der Waals surface area contributed by atoms with Crippen LogP contribution in [0.1, 0.15) is 23.2 Å². The Bertz CT molecular complexity index is 639. The maximum atomic E-state index is 12.2. The molecule has 0 aliphatic carbocycles. The molecule has 1 unspecified atom stereocenters. The van der Waals surface area contributed by atoms with E-state index in [9.17, 15) is 4.79 Å². The zero-order valence-electron chi connectivity index (χ0n) is 15.6. The summed E-state index contributed by atoms with van der Waals surface area (Å²) in [6.07, 6.45) is 2.29. The lowest BCUT2D eigenvalue weighted by Gasteiger charge is -2.25. The summed E-state index contributed by atoms with van der Waals surface area (Å²) in [7, 11) is 3.41. The number of nitrogens with one attached hydrogen (secondary N) is 2. The number of carbonyl (C=O) groups excluding carboxylic acids is 1. The van der Waals surface area contributed by atoms with Gasteiger partial charge in [-0.05, 0) is 37.1 Å². The van der Waals surface area contributed by atoms with Gasteiger partial charge in [0.1, 0.15) is 5.75 Å². The van der Waals surface area contributed by atoms with Crippen molar-refractivity contribution in [2.75, 3.05) is 53.6 Å². The molecular formula is C19H28N4O3. The fourth-order valence-corrected chi connectivity index (χ4v) is 3.61. The summed E-state index contributed by atoms with van der Waals surface area (Å²) in [6, 6.07) is 7.08. The lowest BCUT2D eigenvalue weighted by atomic mass is 9.87. The molecule has 2 aliphatic rings. The number of aliphatic imine (C=N–C) groups is 1. The van der Waals surface area contributed by atoms with Crippen LogP contribution in [0.25, 0.3) is 0 Å². The molecule has 1 amide bonds. The Kier molecular flexibility index (Phi) is 5.98. The Morgan fingerprint density at radius 1 is 1.27 bits per heavy atom. The summed E-state index contributed by atoms with van der Waals surface area (Å²) in [5.74, 6) is 1.54. The number of guanidine groups is 1. The molecule has 2 N–H and O–H groups in total. The van der Waals surface area contributed by atoms with Gasteiger partial charge in [0.25, 0.3) is 5.91 Å². The molecule has 0 bridgehead atoms. The second-order valence-corrected chi connectivity index (χ2v) is 6.93. The topological polar surface area (TPSA) is 75.2 Å². The molecule has 7 heteroatoms. The average Bonchev–Trinajstić information content (AvgIpc) is 3.31. The van der Waals surface area contributed by atoms with E-state index in [0.29, 0.717) is 24.1 Å². The first-order valence-corrected chi connectivity index (χ1v) is 9.11. The summed E-state index contributed by atoms with van der Waals surface area (Å²) >= 11 is 0. The summed E-state index contributed by atoms with van der Waals surface area (Å²) in [6.45, 7) is 4.89. The minimum absolute atomic E-state index is 0.0901. The average molecular weight is 360 g/mol. The van der Waals surface area contributed by atoms with Gasteiger partial charge in [-0.2, -0.15) is 0 Å². The molecule has 1 aromatic carbocycles. The van der Waals surface area contributed by atoms with E-state index < -0.39 is 0 Å². The first-order chi connectivity index (χ1) is 12.7. The van der Waals surface area contributed by atoms with Gasteiger partial charge >= 0.3 is 0 Å². The lowest BCUT2D eigenvalue weighted by Crippen LogP contribution is -2.44. The second-order valence-electron chi connectivity index (χ2n) is 6.93. The molecule has 0 aromatic heterocycles. The predicted octanol–water partition coefficient (Wildman–Crippen LogP) is 1.11. The van der Waals surface area contributed by atoms with Crippen molar-refractivity contribution >= 4 is 11.9 Å². The minimum atomic E-state index is -0.0901. The molecule has 2 saturated heterocycles. The summed E-state index contributed by atoms with van der Waals surface area (Å²) < 4.78 is 10.7. The Morgan fingerprint density at radius 2 is 2.04 bits per heavy atom. The van der Waals surface area contributed by atoms with Crippen molar-refractivity contribution in [2.24, 2.45) is 10.4 Å². The molecule has 7 nitrogen and oxygen atoms in total. The fourth-order valence-electron chi connectivity index (χ4n) is 3.61. The van der Waals surface area contributed by atoms with Crippen LogP contribution in [0.15, 0.2) is 29.3 Å². The highest BCUT2D eigenvalue weighted by Crippen LogP contribution is 2.38. The Hall–Kier alpha value is -2.28. The van der Waals surface area contributed by atoms with Crippen molar-refractivity contribution in [3.63, 3.8) is 0 Å². The van der Waals surface area contributed by atoms with Gasteiger partial charge in [0.05, 0.1) is 13.7 Å². The van der Waals surface area contributed by atoms with Crippen LogP contribution in [0.3, 0.4) is 0 Å². The zero-order chi connectivity index (χ0) is 18.4. The smallest absolute Gasteiger partial charge is 0.251 e. The largest absolute Gasteiger partial charge is 0.497 e. The van der Waals surface area contributed by atoms with E-state index in [4.69, 9.17) is 9.47 Å². The number of rotatable bonds is 5. The Balaban J connectivity index is 1.41. The van der Waals surface area contributed by atoms with Crippen molar-refractivity contribution in [1.29, 1.82) is 0 Å². The molecule has 1 atom stereocenters. The van der Waals surface area contributed by atoms with E-state index in [1.807, 2.05) is 0 Å². The summed E-state index contributed by atoms with van der Waals surface area (Å²) in [5.41, 5.74) is 0.929. The minimum Gasteiger partial charge on any atom is -0.497 e. The first kappa shape index (κ1) is 18.5. The van der Waals surface area contributed by atoms with E-state index in [1.54, 1.807) is 38.4 Å². The number of hydrogen-bond acceptors (Lipinski definition) is 4. The molecule has 26 heavy (non-hydrogen) atoms. The summed E-state index contributed by atoms with van der Waals surface area (Å²) in [4.78, 5) is 18.8. The predicted molar refractivity (Wildman–Crippen MR) is 101 cm³/mol. The van der Waals surface area contributed by atoms with Crippen LogP contribution in [0.4, 0.5) is 0 Å². The number of nitrogens with zero attached hydrogens (tertiary/aromatic N) is 2. The molecule has 0 radical (unpaired) electrons. The summed E-state index contributed by atoms with van der Waals surface area (Å²) in [5, 5.41) is 6.26. The van der Waals surface area contributed by atoms with E-state index in [2.05, 4.69) is 20.5 Å². The van der Waals surface area contributed by atoms with Crippen molar-refractivity contribution in [3.8, 4) is 5.75 Å². The maximum Gasteiger partial charge on any atom is 0.251 e. The normalized spacial score (nSPS) is 22.7. The maximum absolute atomic E-state index is 12.2. The number of amides is 1.